The fourth-order valence-electron chi connectivity index (χ4n) is 0. The molecule has 0 atom stereocenters. The molecule has 0 aliphatic carbocycles. The molecule has 0 aliphatic heterocycles. The fourth-order valence-corrected chi connectivity index (χ4v) is 0. The third kappa shape index (κ3) is 18.8. The molecular formula is H12Al4La. The number of rotatable bonds is 0. The van der Waals surface area contributed by atoms with Crippen molar-refractivity contribution in [2.75, 3.05) is 0 Å². The predicted octanol–water partition coefficient (Wildman–Crippen LogP) is -4.74. The summed E-state index contributed by atoms with van der Waals surface area (Å²) >= 11 is 0. The van der Waals surface area contributed by atoms with Crippen molar-refractivity contribution in [1.82, 2.24) is 0 Å². The van der Waals surface area contributed by atoms with Crippen molar-refractivity contribution in [3.8, 4) is 0 Å². The molecule has 5 heteroatoms. The zero-order chi connectivity index (χ0) is 0. The van der Waals surface area contributed by atoms with Gasteiger partial charge >= 0.3 is 0 Å². The first kappa shape index (κ1) is 40.4. The summed E-state index contributed by atoms with van der Waals surface area (Å²) in [7, 11) is 0. The average molecular weight is 259 g/mol. The van der Waals surface area contributed by atoms with Crippen molar-refractivity contribution in [1.29, 1.82) is 0 Å². The van der Waals surface area contributed by atoms with Crippen molar-refractivity contribution in [3.63, 3.8) is 0 Å². The second kappa shape index (κ2) is 26.5. The molecule has 0 aliphatic rings. The minimum absolute atomic E-state index is 0. The topological polar surface area (TPSA) is 0 Å². The second-order valence-corrected chi connectivity index (χ2v) is 0. The summed E-state index contributed by atoms with van der Waals surface area (Å²) < 4.78 is 0. The Morgan fingerprint density at radius 2 is 0.400 bits per heavy atom. The maximum Gasteiger partial charge on any atom is 0.187 e. The van der Waals surface area contributed by atoms with Crippen LogP contribution in [0.4, 0.5) is 0 Å². The molecule has 5 heavy (non-hydrogen) atoms. The van der Waals surface area contributed by atoms with Gasteiger partial charge in [0.1, 0.15) is 0 Å². The third-order valence-corrected chi connectivity index (χ3v) is 0. The molecule has 0 N–H and O–H groups in total. The molecule has 1 radical (unpaired) electrons. The van der Waals surface area contributed by atoms with Gasteiger partial charge in [-0.2, -0.15) is 0 Å². The van der Waals surface area contributed by atoms with Gasteiger partial charge in [0.05, 0.1) is 0 Å². The molecule has 0 amide bonds. The van der Waals surface area contributed by atoms with Crippen LogP contribution in [0.2, 0.25) is 0 Å². The van der Waals surface area contributed by atoms with E-state index in [-0.39, 0.29) is 105 Å². The molecular weight excluding hydrogens is 247 g/mol. The summed E-state index contributed by atoms with van der Waals surface area (Å²) in [5, 5.41) is 0. The first-order chi connectivity index (χ1) is 0. The molecule has 0 aromatic rings. The molecule has 0 nitrogen and oxygen atoms in total. The largest absolute Gasteiger partial charge is 0.187 e. The molecule has 0 bridgehead atoms. The summed E-state index contributed by atoms with van der Waals surface area (Å²) in [4.78, 5) is 0. The van der Waals surface area contributed by atoms with Crippen molar-refractivity contribution in [2.24, 2.45) is 0 Å². The Kier molecular flexibility index (Phi) is 214. The minimum atomic E-state index is 0. The Balaban J connectivity index is 0. The smallest absolute Gasteiger partial charge is 0 e. The molecule has 0 aromatic carbocycles. The molecule has 0 spiro atoms. The Morgan fingerprint density at radius 1 is 0.400 bits per heavy atom. The van der Waals surface area contributed by atoms with Gasteiger partial charge < -0.3 is 0 Å². The van der Waals surface area contributed by atoms with E-state index in [0.29, 0.717) is 0 Å². The van der Waals surface area contributed by atoms with E-state index in [9.17, 15) is 0 Å². The summed E-state index contributed by atoms with van der Waals surface area (Å²) in [5.74, 6) is 0. The van der Waals surface area contributed by atoms with Crippen molar-refractivity contribution < 1.29 is 35.6 Å². The van der Waals surface area contributed by atoms with Crippen LogP contribution in [0, 0.1) is 35.6 Å². The zero-order valence-corrected chi connectivity index (χ0v) is 4.20. The van der Waals surface area contributed by atoms with Crippen LogP contribution in [0.1, 0.15) is 0 Å². The van der Waals surface area contributed by atoms with Crippen LogP contribution in [0.15, 0.2) is 0 Å². The second-order valence-electron chi connectivity index (χ2n) is 0. The van der Waals surface area contributed by atoms with Gasteiger partial charge in [0.15, 0.2) is 69.4 Å². The summed E-state index contributed by atoms with van der Waals surface area (Å²) in [6.07, 6.45) is 0. The predicted molar refractivity (Wildman–Crippen MR) is 39.8 cm³/mol. The van der Waals surface area contributed by atoms with Crippen molar-refractivity contribution in [2.45, 2.75) is 0 Å². The van der Waals surface area contributed by atoms with Gasteiger partial charge in [-0.15, -0.1) is 0 Å². The van der Waals surface area contributed by atoms with Gasteiger partial charge in [-0.1, -0.05) is 0 Å². The molecule has 0 saturated heterocycles. The molecule has 0 saturated carbocycles. The molecule has 27 valence electrons. The van der Waals surface area contributed by atoms with E-state index >= 15 is 0 Å². The SMILES string of the molecule is [AlH3].[AlH3].[AlH3].[AlH3].[La]. The standard InChI is InChI=1S/4Al.La.12H. The van der Waals surface area contributed by atoms with E-state index in [0.717, 1.165) is 0 Å². The molecule has 0 rings (SSSR count). The summed E-state index contributed by atoms with van der Waals surface area (Å²) in [6, 6.07) is 0. The zero-order valence-electron chi connectivity index (χ0n) is 0.577. The Labute approximate surface area is 103 Å². The van der Waals surface area contributed by atoms with Crippen LogP contribution < -0.4 is 0 Å². The molecule has 0 fully saturated rings. The van der Waals surface area contributed by atoms with Gasteiger partial charge in [0.25, 0.3) is 0 Å². The van der Waals surface area contributed by atoms with Crippen molar-refractivity contribution in [3.05, 3.63) is 0 Å². The first-order valence-electron chi connectivity index (χ1n) is 0. The Hall–Kier alpha value is 3.32. The minimum Gasteiger partial charge on any atom is 0 e. The maximum atomic E-state index is 0. The Morgan fingerprint density at radius 3 is 0.400 bits per heavy atom. The summed E-state index contributed by atoms with van der Waals surface area (Å²) in [6.45, 7) is 0. The van der Waals surface area contributed by atoms with Gasteiger partial charge in [-0.25, -0.2) is 0 Å². The van der Waals surface area contributed by atoms with E-state index in [2.05, 4.69) is 0 Å². The molecule has 0 unspecified atom stereocenters. The van der Waals surface area contributed by atoms with Crippen molar-refractivity contribution >= 4 is 69.4 Å². The molecule has 0 heterocycles. The van der Waals surface area contributed by atoms with Crippen LogP contribution in [-0.2, 0) is 0 Å². The normalized spacial score (nSPS) is 0. The van der Waals surface area contributed by atoms with Gasteiger partial charge in [-0.05, 0) is 0 Å². The average Bonchev–Trinajstić information content (AvgIpc) is 0. The van der Waals surface area contributed by atoms with Crippen LogP contribution >= 0.6 is 0 Å². The monoisotopic (exact) mass is 259 g/mol. The quantitative estimate of drug-likeness (QED) is 0.383. The third-order valence-electron chi connectivity index (χ3n) is 0. The molecule has 0 aromatic heterocycles. The van der Waals surface area contributed by atoms with E-state index in [1.165, 1.54) is 0 Å². The maximum absolute atomic E-state index is 0. The number of hydrogen-bond donors (Lipinski definition) is 0. The van der Waals surface area contributed by atoms with Crippen LogP contribution in [0.3, 0.4) is 0 Å². The van der Waals surface area contributed by atoms with E-state index < -0.39 is 0 Å². The van der Waals surface area contributed by atoms with Gasteiger partial charge in [0.2, 0.25) is 0 Å². The first-order valence-corrected chi connectivity index (χ1v) is 0. The van der Waals surface area contributed by atoms with Crippen LogP contribution in [-0.4, -0.2) is 69.4 Å². The van der Waals surface area contributed by atoms with Crippen LogP contribution in [0.5, 0.6) is 0 Å². The van der Waals surface area contributed by atoms with E-state index in [1.54, 1.807) is 0 Å². The van der Waals surface area contributed by atoms with Gasteiger partial charge in [-0.3, -0.25) is 0 Å². The van der Waals surface area contributed by atoms with Crippen LogP contribution in [0.25, 0.3) is 0 Å². The Bertz CT molecular complexity index is 3.61. The van der Waals surface area contributed by atoms with E-state index in [4.69, 9.17) is 0 Å². The number of hydrogen-bond acceptors (Lipinski definition) is 0. The van der Waals surface area contributed by atoms with E-state index in [1.807, 2.05) is 0 Å². The summed E-state index contributed by atoms with van der Waals surface area (Å²) in [5.41, 5.74) is 0. The fraction of sp³-hybridized carbons (Fsp3) is 0. The van der Waals surface area contributed by atoms with Gasteiger partial charge in [0, 0.05) is 35.6 Å².